The Hall–Kier alpha value is -3.01. The minimum absolute atomic E-state index is 0.191. The molecule has 0 bridgehead atoms. The number of urea groups is 1. The van der Waals surface area contributed by atoms with E-state index in [1.807, 2.05) is 32.0 Å². The number of carbonyl (C=O) groups excluding carboxylic acids is 1. The number of carbonyl (C=O) groups is 1. The van der Waals surface area contributed by atoms with Crippen molar-refractivity contribution in [3.63, 3.8) is 0 Å². The molecule has 0 atom stereocenters. The summed E-state index contributed by atoms with van der Waals surface area (Å²) in [6.45, 7) is 10.8. The van der Waals surface area contributed by atoms with Crippen LogP contribution in [0.3, 0.4) is 0 Å². The summed E-state index contributed by atoms with van der Waals surface area (Å²) in [6.07, 6.45) is 0. The molecule has 2 N–H and O–H groups in total. The number of amides is 2. The van der Waals surface area contributed by atoms with Gasteiger partial charge in [-0.25, -0.2) is 4.79 Å². The number of nitrogens with one attached hydrogen (secondary N) is 2. The van der Waals surface area contributed by atoms with Crippen molar-refractivity contribution in [2.75, 3.05) is 5.32 Å². The molecule has 2 amide bonds. The number of anilines is 1. The highest BCUT2D eigenvalue weighted by atomic mass is 16.2. The highest BCUT2D eigenvalue weighted by Gasteiger charge is 2.12. The fourth-order valence-electron chi connectivity index (χ4n) is 3.39. The minimum Gasteiger partial charge on any atom is -0.334 e. The van der Waals surface area contributed by atoms with Crippen LogP contribution in [0.2, 0.25) is 0 Å². The zero-order valence-corrected chi connectivity index (χ0v) is 16.7. The molecule has 0 saturated carbocycles. The summed E-state index contributed by atoms with van der Waals surface area (Å²) in [4.78, 5) is 12.3. The van der Waals surface area contributed by atoms with Crippen LogP contribution in [0.15, 0.2) is 48.5 Å². The fraction of sp³-hybridized carbons (Fsp3) is 0.261. The Balaban J connectivity index is 1.72. The van der Waals surface area contributed by atoms with Crippen LogP contribution in [0, 0.1) is 34.6 Å². The molecule has 0 unspecified atom stereocenters. The summed E-state index contributed by atoms with van der Waals surface area (Å²) in [6, 6.07) is 16.4. The van der Waals surface area contributed by atoms with Crippen molar-refractivity contribution in [2.45, 2.75) is 41.2 Å². The van der Waals surface area contributed by atoms with Crippen LogP contribution in [0.25, 0.3) is 5.69 Å². The fourth-order valence-corrected chi connectivity index (χ4v) is 3.39. The second-order valence-electron chi connectivity index (χ2n) is 7.20. The lowest BCUT2D eigenvalue weighted by molar-refractivity contribution is 0.251. The van der Waals surface area contributed by atoms with Gasteiger partial charge in [0.05, 0.1) is 0 Å². The molecule has 140 valence electrons. The second-order valence-corrected chi connectivity index (χ2v) is 7.20. The van der Waals surface area contributed by atoms with Crippen LogP contribution in [-0.4, -0.2) is 10.6 Å². The average Bonchev–Trinajstić information content (AvgIpc) is 2.90. The number of nitrogens with zero attached hydrogens (tertiary/aromatic N) is 1. The third kappa shape index (κ3) is 4.22. The standard InChI is InChI=1S/C23H27N3O/c1-15-7-6-8-21(11-15)26-18(4)13-20(19(26)5)14-24-23(27)25-22-12-16(2)9-10-17(22)3/h6-13H,14H2,1-5H3,(H2,24,25,27). The number of aryl methyl sites for hydroxylation is 4. The van der Waals surface area contributed by atoms with Crippen LogP contribution < -0.4 is 10.6 Å². The Morgan fingerprint density at radius 3 is 2.41 bits per heavy atom. The highest BCUT2D eigenvalue weighted by Crippen LogP contribution is 2.22. The number of aromatic nitrogens is 1. The average molecular weight is 361 g/mol. The zero-order valence-electron chi connectivity index (χ0n) is 16.7. The summed E-state index contributed by atoms with van der Waals surface area (Å²) in [5.41, 5.74) is 8.81. The lowest BCUT2D eigenvalue weighted by Gasteiger charge is -2.12. The molecule has 4 heteroatoms. The number of hydrogen-bond acceptors (Lipinski definition) is 1. The number of rotatable bonds is 4. The van der Waals surface area contributed by atoms with Gasteiger partial charge >= 0.3 is 6.03 Å². The molecule has 0 radical (unpaired) electrons. The molecule has 0 aliphatic rings. The van der Waals surface area contributed by atoms with Crippen molar-refractivity contribution in [3.8, 4) is 5.69 Å². The number of hydrogen-bond donors (Lipinski definition) is 2. The van der Waals surface area contributed by atoms with Gasteiger partial charge in [0, 0.05) is 29.3 Å². The lowest BCUT2D eigenvalue weighted by Crippen LogP contribution is -2.28. The highest BCUT2D eigenvalue weighted by molar-refractivity contribution is 5.90. The second kappa shape index (κ2) is 7.70. The molecular weight excluding hydrogens is 334 g/mol. The predicted octanol–water partition coefficient (Wildman–Crippen LogP) is 5.34. The first kappa shape index (κ1) is 18.8. The zero-order chi connectivity index (χ0) is 19.6. The molecule has 4 nitrogen and oxygen atoms in total. The Labute approximate surface area is 161 Å². The Kier molecular flexibility index (Phi) is 5.36. The summed E-state index contributed by atoms with van der Waals surface area (Å²) in [5, 5.41) is 5.92. The first-order valence-corrected chi connectivity index (χ1v) is 9.22. The molecule has 0 saturated heterocycles. The first-order valence-electron chi connectivity index (χ1n) is 9.22. The molecule has 0 aliphatic carbocycles. The van der Waals surface area contributed by atoms with Crippen LogP contribution in [0.5, 0.6) is 0 Å². The third-order valence-electron chi connectivity index (χ3n) is 4.88. The molecule has 0 fully saturated rings. The quantitative estimate of drug-likeness (QED) is 0.647. The van der Waals surface area contributed by atoms with Gasteiger partial charge in [0.2, 0.25) is 0 Å². The van der Waals surface area contributed by atoms with Gasteiger partial charge in [0.25, 0.3) is 0 Å². The van der Waals surface area contributed by atoms with E-state index < -0.39 is 0 Å². The van der Waals surface area contributed by atoms with E-state index in [0.717, 1.165) is 39.5 Å². The predicted molar refractivity (Wildman–Crippen MR) is 112 cm³/mol. The van der Waals surface area contributed by atoms with E-state index in [1.165, 1.54) is 5.56 Å². The van der Waals surface area contributed by atoms with E-state index in [2.05, 4.69) is 66.3 Å². The maximum atomic E-state index is 12.3. The molecular formula is C23H27N3O. The Morgan fingerprint density at radius 2 is 1.67 bits per heavy atom. The Morgan fingerprint density at radius 1 is 0.926 bits per heavy atom. The van der Waals surface area contributed by atoms with E-state index in [1.54, 1.807) is 0 Å². The smallest absolute Gasteiger partial charge is 0.319 e. The largest absolute Gasteiger partial charge is 0.334 e. The van der Waals surface area contributed by atoms with Gasteiger partial charge < -0.3 is 15.2 Å². The van der Waals surface area contributed by atoms with Gasteiger partial charge in [-0.15, -0.1) is 0 Å². The van der Waals surface area contributed by atoms with E-state index in [9.17, 15) is 4.79 Å². The van der Waals surface area contributed by atoms with Crippen molar-refractivity contribution in [2.24, 2.45) is 0 Å². The molecule has 0 aliphatic heterocycles. The van der Waals surface area contributed by atoms with Gasteiger partial charge in [-0.3, -0.25) is 0 Å². The van der Waals surface area contributed by atoms with E-state index >= 15 is 0 Å². The van der Waals surface area contributed by atoms with Crippen LogP contribution >= 0.6 is 0 Å². The molecule has 1 aromatic heterocycles. The topological polar surface area (TPSA) is 46.1 Å². The van der Waals surface area contributed by atoms with Gasteiger partial charge in [-0.05, 0) is 81.1 Å². The van der Waals surface area contributed by atoms with Crippen molar-refractivity contribution >= 4 is 11.7 Å². The Bertz CT molecular complexity index is 985. The monoisotopic (exact) mass is 361 g/mol. The van der Waals surface area contributed by atoms with Crippen molar-refractivity contribution < 1.29 is 4.79 Å². The van der Waals surface area contributed by atoms with E-state index in [-0.39, 0.29) is 6.03 Å². The number of benzene rings is 2. The SMILES string of the molecule is Cc1cccc(-n2c(C)cc(CNC(=O)Nc3cc(C)ccc3C)c2C)c1. The minimum atomic E-state index is -0.191. The van der Waals surface area contributed by atoms with E-state index in [4.69, 9.17) is 0 Å². The molecule has 3 aromatic rings. The molecule has 3 rings (SSSR count). The summed E-state index contributed by atoms with van der Waals surface area (Å²) in [7, 11) is 0. The third-order valence-corrected chi connectivity index (χ3v) is 4.88. The molecule has 2 aromatic carbocycles. The van der Waals surface area contributed by atoms with Crippen molar-refractivity contribution in [1.82, 2.24) is 9.88 Å². The first-order chi connectivity index (χ1) is 12.8. The van der Waals surface area contributed by atoms with Gasteiger partial charge in [-0.2, -0.15) is 0 Å². The van der Waals surface area contributed by atoms with Crippen LogP contribution in [0.4, 0.5) is 10.5 Å². The van der Waals surface area contributed by atoms with Crippen molar-refractivity contribution in [1.29, 1.82) is 0 Å². The molecule has 1 heterocycles. The van der Waals surface area contributed by atoms with Gasteiger partial charge in [-0.1, -0.05) is 24.3 Å². The molecule has 0 spiro atoms. The summed E-state index contributed by atoms with van der Waals surface area (Å²) >= 11 is 0. The van der Waals surface area contributed by atoms with Crippen LogP contribution in [0.1, 0.15) is 33.6 Å². The maximum Gasteiger partial charge on any atom is 0.319 e. The molecule has 27 heavy (non-hydrogen) atoms. The normalized spacial score (nSPS) is 10.7. The van der Waals surface area contributed by atoms with Gasteiger partial charge in [0.15, 0.2) is 0 Å². The summed E-state index contributed by atoms with van der Waals surface area (Å²) in [5.74, 6) is 0. The lowest BCUT2D eigenvalue weighted by atomic mass is 10.1. The maximum absolute atomic E-state index is 12.3. The van der Waals surface area contributed by atoms with Gasteiger partial charge in [0.1, 0.15) is 0 Å². The van der Waals surface area contributed by atoms with Crippen molar-refractivity contribution in [3.05, 3.63) is 82.2 Å². The summed E-state index contributed by atoms with van der Waals surface area (Å²) < 4.78 is 2.23. The van der Waals surface area contributed by atoms with E-state index in [0.29, 0.717) is 6.54 Å². The van der Waals surface area contributed by atoms with Crippen LogP contribution in [-0.2, 0) is 6.54 Å².